The van der Waals surface area contributed by atoms with Crippen LogP contribution in [0, 0.1) is 12.8 Å². The maximum atomic E-state index is 12.9. The van der Waals surface area contributed by atoms with Crippen molar-refractivity contribution in [2.24, 2.45) is 5.92 Å². The molecule has 22 heavy (non-hydrogen) atoms. The molecule has 1 heterocycles. The zero-order valence-electron chi connectivity index (χ0n) is 12.9. The van der Waals surface area contributed by atoms with Gasteiger partial charge in [0.1, 0.15) is 0 Å². The monoisotopic (exact) mass is 295 g/mol. The number of rotatable bonds is 4. The fraction of sp³-hybridized carbons (Fsp3) is 0.316. The molecule has 2 aromatic carbocycles. The largest absolute Gasteiger partial charge is 0.381 e. The van der Waals surface area contributed by atoms with Gasteiger partial charge in [-0.2, -0.15) is 0 Å². The van der Waals surface area contributed by atoms with E-state index in [9.17, 15) is 4.79 Å². The number of hydrogen-bond donors (Lipinski definition) is 0. The first kappa shape index (κ1) is 14.8. The lowest BCUT2D eigenvalue weighted by atomic mass is 10.1. The predicted molar refractivity (Wildman–Crippen MR) is 87.7 cm³/mol. The summed E-state index contributed by atoms with van der Waals surface area (Å²) in [5.74, 6) is 0.135. The second-order valence-electron chi connectivity index (χ2n) is 5.81. The Morgan fingerprint density at radius 2 is 2.00 bits per heavy atom. The number of nitrogens with zero attached hydrogens (tertiary/aromatic N) is 1. The summed E-state index contributed by atoms with van der Waals surface area (Å²) >= 11 is 0. The molecule has 0 N–H and O–H groups in total. The van der Waals surface area contributed by atoms with Crippen LogP contribution in [0.15, 0.2) is 54.6 Å². The third kappa shape index (κ3) is 3.37. The molecule has 0 aromatic heterocycles. The van der Waals surface area contributed by atoms with Crippen molar-refractivity contribution in [2.75, 3.05) is 18.1 Å². The highest BCUT2D eigenvalue weighted by Crippen LogP contribution is 2.24. The van der Waals surface area contributed by atoms with E-state index in [-0.39, 0.29) is 11.8 Å². The van der Waals surface area contributed by atoms with Crippen molar-refractivity contribution in [3.05, 3.63) is 65.7 Å². The lowest BCUT2D eigenvalue weighted by Gasteiger charge is -2.26. The number of hydrogen-bond acceptors (Lipinski definition) is 2. The molecule has 1 fully saturated rings. The molecule has 3 heteroatoms. The number of anilines is 1. The molecule has 114 valence electrons. The van der Waals surface area contributed by atoms with Crippen molar-refractivity contribution in [1.82, 2.24) is 0 Å². The summed E-state index contributed by atoms with van der Waals surface area (Å²) in [5, 5.41) is 0. The Kier molecular flexibility index (Phi) is 4.54. The number of amides is 1. The Bertz CT molecular complexity index is 633. The standard InChI is InChI=1S/C19H21NO2/c1-15-6-5-9-18(12-15)20(13-16-7-3-2-4-8-16)19(21)17-10-11-22-14-17/h2-9,12,17H,10-11,13-14H2,1H3. The maximum absolute atomic E-state index is 12.9. The molecule has 1 aliphatic heterocycles. The Morgan fingerprint density at radius 1 is 1.18 bits per heavy atom. The van der Waals surface area contributed by atoms with Gasteiger partial charge in [-0.1, -0.05) is 42.5 Å². The minimum Gasteiger partial charge on any atom is -0.381 e. The Balaban J connectivity index is 1.89. The highest BCUT2D eigenvalue weighted by molar-refractivity contribution is 5.95. The van der Waals surface area contributed by atoms with Crippen molar-refractivity contribution < 1.29 is 9.53 Å². The zero-order valence-corrected chi connectivity index (χ0v) is 12.9. The Morgan fingerprint density at radius 3 is 2.68 bits per heavy atom. The summed E-state index contributed by atoms with van der Waals surface area (Å²) < 4.78 is 5.39. The number of carbonyl (C=O) groups is 1. The summed E-state index contributed by atoms with van der Waals surface area (Å²) in [6.45, 7) is 3.87. The van der Waals surface area contributed by atoms with Gasteiger partial charge in [0.15, 0.2) is 0 Å². The molecule has 1 saturated heterocycles. The van der Waals surface area contributed by atoms with Crippen LogP contribution in [-0.2, 0) is 16.1 Å². The van der Waals surface area contributed by atoms with Gasteiger partial charge in [0.25, 0.3) is 0 Å². The highest BCUT2D eigenvalue weighted by Gasteiger charge is 2.29. The van der Waals surface area contributed by atoms with Gasteiger partial charge in [-0.25, -0.2) is 0 Å². The van der Waals surface area contributed by atoms with Crippen molar-refractivity contribution in [1.29, 1.82) is 0 Å². The van der Waals surface area contributed by atoms with Crippen LogP contribution in [0.25, 0.3) is 0 Å². The van der Waals surface area contributed by atoms with Crippen LogP contribution in [0.3, 0.4) is 0 Å². The van der Waals surface area contributed by atoms with Crippen molar-refractivity contribution in [3.8, 4) is 0 Å². The molecule has 3 nitrogen and oxygen atoms in total. The molecular formula is C19H21NO2. The lowest BCUT2D eigenvalue weighted by Crippen LogP contribution is -2.36. The summed E-state index contributed by atoms with van der Waals surface area (Å²) in [5.41, 5.74) is 3.25. The van der Waals surface area contributed by atoms with Gasteiger partial charge in [0.05, 0.1) is 19.1 Å². The molecule has 1 unspecified atom stereocenters. The van der Waals surface area contributed by atoms with Crippen molar-refractivity contribution >= 4 is 11.6 Å². The molecule has 0 saturated carbocycles. The van der Waals surface area contributed by atoms with Crippen LogP contribution < -0.4 is 4.90 Å². The molecule has 0 radical (unpaired) electrons. The van der Waals surface area contributed by atoms with E-state index in [2.05, 4.69) is 18.2 Å². The first-order valence-corrected chi connectivity index (χ1v) is 7.74. The minimum absolute atomic E-state index is 0.0239. The fourth-order valence-electron chi connectivity index (χ4n) is 2.81. The van der Waals surface area contributed by atoms with E-state index in [1.54, 1.807) is 0 Å². The van der Waals surface area contributed by atoms with Crippen LogP contribution in [-0.4, -0.2) is 19.1 Å². The van der Waals surface area contributed by atoms with Gasteiger partial charge in [0.2, 0.25) is 5.91 Å². The molecule has 1 aliphatic rings. The molecule has 0 aliphatic carbocycles. The van der Waals surface area contributed by atoms with Crippen molar-refractivity contribution in [2.45, 2.75) is 19.9 Å². The molecular weight excluding hydrogens is 274 g/mol. The van der Waals surface area contributed by atoms with E-state index in [0.717, 1.165) is 23.2 Å². The summed E-state index contributed by atoms with van der Waals surface area (Å²) in [6.07, 6.45) is 0.815. The van der Waals surface area contributed by atoms with Crippen LogP contribution in [0.5, 0.6) is 0 Å². The third-order valence-electron chi connectivity index (χ3n) is 4.04. The number of carbonyl (C=O) groups excluding carboxylic acids is 1. The van der Waals surface area contributed by atoms with Crippen molar-refractivity contribution in [3.63, 3.8) is 0 Å². The van der Waals surface area contributed by atoms with Crippen LogP contribution in [0.2, 0.25) is 0 Å². The SMILES string of the molecule is Cc1cccc(N(Cc2ccccc2)C(=O)C2CCOC2)c1. The minimum atomic E-state index is -0.0239. The topological polar surface area (TPSA) is 29.5 Å². The zero-order chi connectivity index (χ0) is 15.4. The molecule has 0 bridgehead atoms. The second-order valence-corrected chi connectivity index (χ2v) is 5.81. The van der Waals surface area contributed by atoms with Gasteiger partial charge in [-0.05, 0) is 36.6 Å². The Labute approximate surface area is 131 Å². The molecule has 1 amide bonds. The van der Waals surface area contributed by atoms with E-state index in [0.29, 0.717) is 19.8 Å². The second kappa shape index (κ2) is 6.75. The molecule has 0 spiro atoms. The summed E-state index contributed by atoms with van der Waals surface area (Å²) in [6, 6.07) is 18.2. The van der Waals surface area contributed by atoms with Crippen LogP contribution >= 0.6 is 0 Å². The fourth-order valence-corrected chi connectivity index (χ4v) is 2.81. The van der Waals surface area contributed by atoms with Gasteiger partial charge >= 0.3 is 0 Å². The van der Waals surface area contributed by atoms with Crippen LogP contribution in [0.4, 0.5) is 5.69 Å². The summed E-state index contributed by atoms with van der Waals surface area (Å²) in [4.78, 5) is 14.8. The number of aryl methyl sites for hydroxylation is 1. The quantitative estimate of drug-likeness (QED) is 0.863. The number of ether oxygens (including phenoxy) is 1. The van der Waals surface area contributed by atoms with Crippen LogP contribution in [0.1, 0.15) is 17.5 Å². The third-order valence-corrected chi connectivity index (χ3v) is 4.04. The normalized spacial score (nSPS) is 17.4. The lowest BCUT2D eigenvalue weighted by molar-refractivity contribution is -0.122. The van der Waals surface area contributed by atoms with E-state index < -0.39 is 0 Å². The highest BCUT2D eigenvalue weighted by atomic mass is 16.5. The van der Waals surface area contributed by atoms with E-state index in [4.69, 9.17) is 4.74 Å². The smallest absolute Gasteiger partial charge is 0.232 e. The van der Waals surface area contributed by atoms with E-state index in [1.807, 2.05) is 48.2 Å². The average molecular weight is 295 g/mol. The number of benzene rings is 2. The first-order valence-electron chi connectivity index (χ1n) is 7.74. The predicted octanol–water partition coefficient (Wildman–Crippen LogP) is 3.56. The van der Waals surface area contributed by atoms with E-state index in [1.165, 1.54) is 0 Å². The van der Waals surface area contributed by atoms with E-state index >= 15 is 0 Å². The maximum Gasteiger partial charge on any atom is 0.232 e. The van der Waals surface area contributed by atoms with Gasteiger partial charge in [0, 0.05) is 12.3 Å². The molecule has 3 rings (SSSR count). The van der Waals surface area contributed by atoms with Gasteiger partial charge in [-0.15, -0.1) is 0 Å². The molecule has 1 atom stereocenters. The first-order chi connectivity index (χ1) is 10.7. The average Bonchev–Trinajstić information content (AvgIpc) is 3.07. The van der Waals surface area contributed by atoms with Gasteiger partial charge < -0.3 is 9.64 Å². The molecule has 2 aromatic rings. The Hall–Kier alpha value is -2.13. The van der Waals surface area contributed by atoms with Gasteiger partial charge in [-0.3, -0.25) is 4.79 Å². The summed E-state index contributed by atoms with van der Waals surface area (Å²) in [7, 11) is 0.